The van der Waals surface area contributed by atoms with Gasteiger partial charge in [-0.05, 0) is 37.0 Å². The number of nitrogens with zero attached hydrogens (tertiary/aromatic N) is 1. The summed E-state index contributed by atoms with van der Waals surface area (Å²) in [6.45, 7) is 4.42. The number of ether oxygens (including phenoxy) is 4. The molecule has 0 radical (unpaired) electrons. The normalized spacial score (nSPS) is 25.0. The Morgan fingerprint density at radius 2 is 1.88 bits per heavy atom. The number of likely N-dealkylation sites (tertiary alicyclic amines) is 1. The van der Waals surface area contributed by atoms with Crippen LogP contribution in [-0.2, 0) is 20.9 Å². The van der Waals surface area contributed by atoms with Gasteiger partial charge in [-0.3, -0.25) is 9.69 Å². The maximum Gasteiger partial charge on any atom is 0.238 e. The number of nitrogens with one attached hydrogen (secondary N) is 1. The van der Waals surface area contributed by atoms with Gasteiger partial charge in [-0.25, -0.2) is 0 Å². The van der Waals surface area contributed by atoms with Crippen molar-refractivity contribution in [2.45, 2.75) is 44.0 Å². The van der Waals surface area contributed by atoms with Crippen molar-refractivity contribution in [1.29, 1.82) is 0 Å². The molecule has 2 aromatic carbocycles. The summed E-state index contributed by atoms with van der Waals surface area (Å²) in [5, 5.41) is 3.01. The molecule has 0 aliphatic carbocycles. The van der Waals surface area contributed by atoms with Crippen LogP contribution in [0, 0.1) is 0 Å². The highest BCUT2D eigenvalue weighted by atomic mass is 16.6. The van der Waals surface area contributed by atoms with Crippen molar-refractivity contribution in [3.8, 4) is 11.5 Å². The quantitative estimate of drug-likeness (QED) is 0.722. The SMILES string of the molecule is O=C(CN1CC[C@@]2(CCCO2)[C@H](OCc2ccccc2)C1)Nc1ccc2c(c1)OCCCO2. The van der Waals surface area contributed by atoms with Gasteiger partial charge in [-0.2, -0.15) is 0 Å². The summed E-state index contributed by atoms with van der Waals surface area (Å²) < 4.78 is 24.0. The average Bonchev–Trinajstić information content (AvgIpc) is 3.18. The zero-order valence-electron chi connectivity index (χ0n) is 19.0. The molecule has 0 aromatic heterocycles. The van der Waals surface area contributed by atoms with Crippen molar-refractivity contribution in [2.75, 3.05) is 44.8 Å². The van der Waals surface area contributed by atoms with E-state index in [0.29, 0.717) is 44.3 Å². The van der Waals surface area contributed by atoms with E-state index in [0.717, 1.165) is 50.1 Å². The molecule has 2 atom stereocenters. The van der Waals surface area contributed by atoms with Crippen LogP contribution in [0.4, 0.5) is 5.69 Å². The lowest BCUT2D eigenvalue weighted by molar-refractivity contribution is -0.159. The molecule has 1 spiro atoms. The number of fused-ring (bicyclic) bond motifs is 1. The Morgan fingerprint density at radius 1 is 1.03 bits per heavy atom. The minimum Gasteiger partial charge on any atom is -0.490 e. The smallest absolute Gasteiger partial charge is 0.238 e. The number of hydrogen-bond acceptors (Lipinski definition) is 6. The first-order valence-electron chi connectivity index (χ1n) is 11.9. The van der Waals surface area contributed by atoms with Crippen LogP contribution in [0.3, 0.4) is 0 Å². The monoisotopic (exact) mass is 452 g/mol. The molecule has 2 aromatic rings. The number of carbonyl (C=O) groups excluding carboxylic acids is 1. The van der Waals surface area contributed by atoms with Crippen LogP contribution >= 0.6 is 0 Å². The molecule has 0 unspecified atom stereocenters. The fraction of sp³-hybridized carbons (Fsp3) is 0.500. The molecular weight excluding hydrogens is 420 g/mol. The van der Waals surface area contributed by atoms with E-state index in [1.165, 1.54) is 0 Å². The second kappa shape index (κ2) is 10.1. The molecule has 2 fully saturated rings. The molecule has 33 heavy (non-hydrogen) atoms. The van der Waals surface area contributed by atoms with Crippen molar-refractivity contribution in [2.24, 2.45) is 0 Å². The largest absolute Gasteiger partial charge is 0.490 e. The van der Waals surface area contributed by atoms with E-state index in [9.17, 15) is 4.79 Å². The molecule has 3 aliphatic rings. The Hall–Kier alpha value is -2.61. The third kappa shape index (κ3) is 5.32. The number of carbonyl (C=O) groups is 1. The van der Waals surface area contributed by atoms with Crippen molar-refractivity contribution >= 4 is 11.6 Å². The number of piperidine rings is 1. The number of amides is 1. The molecule has 176 valence electrons. The molecule has 3 heterocycles. The van der Waals surface area contributed by atoms with Crippen LogP contribution in [0.25, 0.3) is 0 Å². The van der Waals surface area contributed by atoms with Crippen LogP contribution in [-0.4, -0.2) is 62.0 Å². The minimum absolute atomic E-state index is 0.0467. The summed E-state index contributed by atoms with van der Waals surface area (Å²) in [5.41, 5.74) is 1.64. The number of rotatable bonds is 6. The van der Waals surface area contributed by atoms with Gasteiger partial charge < -0.3 is 24.3 Å². The highest BCUT2D eigenvalue weighted by Gasteiger charge is 2.47. The lowest BCUT2D eigenvalue weighted by Gasteiger charge is -2.44. The van der Waals surface area contributed by atoms with Gasteiger partial charge in [0.05, 0.1) is 38.1 Å². The van der Waals surface area contributed by atoms with E-state index in [1.54, 1.807) is 0 Å². The van der Waals surface area contributed by atoms with Gasteiger partial charge in [0, 0.05) is 37.9 Å². The molecule has 7 nitrogen and oxygen atoms in total. The zero-order chi connectivity index (χ0) is 22.5. The standard InChI is InChI=1S/C26H32N2O5/c29-25(27-21-8-9-22-23(16-21)31-14-5-13-30-22)18-28-12-11-26(10-4-15-33-26)24(17-28)32-19-20-6-2-1-3-7-20/h1-3,6-9,16,24H,4-5,10-15,17-19H2,(H,27,29)/t24-,26+/m1/s1. The second-order valence-electron chi connectivity index (χ2n) is 9.05. The van der Waals surface area contributed by atoms with Gasteiger partial charge in [-0.1, -0.05) is 30.3 Å². The zero-order valence-corrected chi connectivity index (χ0v) is 19.0. The first kappa shape index (κ1) is 22.2. The fourth-order valence-corrected chi connectivity index (χ4v) is 4.93. The lowest BCUT2D eigenvalue weighted by Crippen LogP contribution is -2.57. The lowest BCUT2D eigenvalue weighted by atomic mass is 9.85. The average molecular weight is 453 g/mol. The van der Waals surface area contributed by atoms with E-state index in [2.05, 4.69) is 22.3 Å². The highest BCUT2D eigenvalue weighted by Crippen LogP contribution is 2.38. The van der Waals surface area contributed by atoms with E-state index in [4.69, 9.17) is 18.9 Å². The van der Waals surface area contributed by atoms with Crippen LogP contribution in [0.1, 0.15) is 31.2 Å². The summed E-state index contributed by atoms with van der Waals surface area (Å²) >= 11 is 0. The number of hydrogen-bond donors (Lipinski definition) is 1. The summed E-state index contributed by atoms with van der Waals surface area (Å²) in [6, 6.07) is 15.8. The summed E-state index contributed by atoms with van der Waals surface area (Å²) in [5.74, 6) is 1.36. The molecule has 3 aliphatic heterocycles. The summed E-state index contributed by atoms with van der Waals surface area (Å²) in [6.07, 6.45) is 3.76. The Labute approximate surface area is 195 Å². The van der Waals surface area contributed by atoms with Crippen molar-refractivity contribution in [3.05, 3.63) is 54.1 Å². The Kier molecular flexibility index (Phi) is 6.80. The first-order chi connectivity index (χ1) is 16.2. The van der Waals surface area contributed by atoms with Crippen LogP contribution in [0.15, 0.2) is 48.5 Å². The first-order valence-corrected chi connectivity index (χ1v) is 11.9. The van der Waals surface area contributed by atoms with Gasteiger partial charge in [0.2, 0.25) is 5.91 Å². The van der Waals surface area contributed by atoms with Crippen molar-refractivity contribution in [3.63, 3.8) is 0 Å². The van der Waals surface area contributed by atoms with E-state index < -0.39 is 0 Å². The maximum absolute atomic E-state index is 12.8. The maximum atomic E-state index is 12.8. The Bertz CT molecular complexity index is 945. The van der Waals surface area contributed by atoms with Crippen LogP contribution < -0.4 is 14.8 Å². The third-order valence-electron chi connectivity index (χ3n) is 6.69. The van der Waals surface area contributed by atoms with Crippen molar-refractivity contribution < 1.29 is 23.7 Å². The molecule has 7 heteroatoms. The molecule has 5 rings (SSSR count). The second-order valence-corrected chi connectivity index (χ2v) is 9.05. The van der Waals surface area contributed by atoms with E-state index >= 15 is 0 Å². The number of benzene rings is 2. The van der Waals surface area contributed by atoms with E-state index in [1.807, 2.05) is 36.4 Å². The minimum atomic E-state index is -0.226. The predicted octanol–water partition coefficient (Wildman–Crippen LogP) is 3.63. The molecule has 1 amide bonds. The highest BCUT2D eigenvalue weighted by molar-refractivity contribution is 5.92. The van der Waals surface area contributed by atoms with E-state index in [-0.39, 0.29) is 17.6 Å². The fourth-order valence-electron chi connectivity index (χ4n) is 4.93. The molecule has 0 saturated carbocycles. The predicted molar refractivity (Wildman–Crippen MR) is 125 cm³/mol. The van der Waals surface area contributed by atoms with Gasteiger partial charge in [-0.15, -0.1) is 0 Å². The van der Waals surface area contributed by atoms with Gasteiger partial charge in [0.1, 0.15) is 0 Å². The number of anilines is 1. The molecular formula is C26H32N2O5. The molecule has 2 saturated heterocycles. The van der Waals surface area contributed by atoms with Gasteiger partial charge >= 0.3 is 0 Å². The van der Waals surface area contributed by atoms with Crippen molar-refractivity contribution in [1.82, 2.24) is 4.90 Å². The summed E-state index contributed by atoms with van der Waals surface area (Å²) in [7, 11) is 0. The van der Waals surface area contributed by atoms with Crippen LogP contribution in [0.5, 0.6) is 11.5 Å². The topological polar surface area (TPSA) is 69.3 Å². The third-order valence-corrected chi connectivity index (χ3v) is 6.69. The van der Waals surface area contributed by atoms with Gasteiger partial charge in [0.25, 0.3) is 0 Å². The Morgan fingerprint density at radius 3 is 2.70 bits per heavy atom. The van der Waals surface area contributed by atoms with Crippen LogP contribution in [0.2, 0.25) is 0 Å². The molecule has 0 bridgehead atoms. The molecule has 1 N–H and O–H groups in total. The Balaban J connectivity index is 1.19. The van der Waals surface area contributed by atoms with Gasteiger partial charge in [0.15, 0.2) is 11.5 Å². The summed E-state index contributed by atoms with van der Waals surface area (Å²) in [4.78, 5) is 15.0.